The van der Waals surface area contributed by atoms with E-state index in [2.05, 4.69) is 23.7 Å². The lowest BCUT2D eigenvalue weighted by molar-refractivity contribution is 0.453. The number of nitrogens with one attached hydrogen (secondary N) is 1. The van der Waals surface area contributed by atoms with Crippen molar-refractivity contribution in [2.75, 3.05) is 13.6 Å². The Balaban J connectivity index is 2.29. The van der Waals surface area contributed by atoms with Gasteiger partial charge in [-0.2, -0.15) is 0 Å². The molecule has 0 saturated heterocycles. The number of likely N-dealkylation sites (N-methyl/N-ethyl adjacent to an activating group) is 1. The average molecular weight is 207 g/mol. The summed E-state index contributed by atoms with van der Waals surface area (Å²) in [5.41, 5.74) is 2.67. The molecule has 0 aliphatic carbocycles. The monoisotopic (exact) mass is 207 g/mol. The molecule has 0 bridgehead atoms. The van der Waals surface area contributed by atoms with Gasteiger partial charge < -0.3 is 9.88 Å². The van der Waals surface area contributed by atoms with Gasteiger partial charge in [-0.05, 0) is 26.8 Å². The molecule has 1 atom stereocenters. The zero-order chi connectivity index (χ0) is 10.8. The molecule has 1 aromatic rings. The van der Waals surface area contributed by atoms with Gasteiger partial charge >= 0.3 is 0 Å². The van der Waals surface area contributed by atoms with Crippen LogP contribution in [0.4, 0.5) is 0 Å². The van der Waals surface area contributed by atoms with Crippen molar-refractivity contribution in [2.24, 2.45) is 0 Å². The van der Waals surface area contributed by atoms with E-state index >= 15 is 0 Å². The number of fused-ring (bicyclic) bond motifs is 1. The van der Waals surface area contributed by atoms with Crippen LogP contribution < -0.4 is 5.32 Å². The highest BCUT2D eigenvalue weighted by Gasteiger charge is 2.22. The van der Waals surface area contributed by atoms with E-state index in [1.807, 2.05) is 7.05 Å². The molecular weight excluding hydrogens is 186 g/mol. The number of aryl methyl sites for hydroxylation is 1. The number of imidazole rings is 1. The van der Waals surface area contributed by atoms with Crippen LogP contribution in [0.1, 0.15) is 42.9 Å². The van der Waals surface area contributed by atoms with Gasteiger partial charge in [0.25, 0.3) is 0 Å². The summed E-state index contributed by atoms with van der Waals surface area (Å²) in [4.78, 5) is 4.72. The van der Waals surface area contributed by atoms with Crippen molar-refractivity contribution in [3.05, 3.63) is 17.2 Å². The first kappa shape index (κ1) is 10.7. The van der Waals surface area contributed by atoms with Gasteiger partial charge in [-0.1, -0.05) is 6.92 Å². The third-order valence-corrected chi connectivity index (χ3v) is 3.37. The molecule has 15 heavy (non-hydrogen) atoms. The van der Waals surface area contributed by atoms with E-state index in [0.717, 1.165) is 13.0 Å². The van der Waals surface area contributed by atoms with E-state index in [1.165, 1.54) is 36.6 Å². The quantitative estimate of drug-likeness (QED) is 0.819. The summed E-state index contributed by atoms with van der Waals surface area (Å²) in [7, 11) is 2.01. The zero-order valence-electron chi connectivity index (χ0n) is 10.0. The van der Waals surface area contributed by atoms with Gasteiger partial charge in [-0.25, -0.2) is 4.98 Å². The second-order valence-electron chi connectivity index (χ2n) is 4.55. The van der Waals surface area contributed by atoms with E-state index in [1.54, 1.807) is 0 Å². The lowest BCUT2D eigenvalue weighted by atomic mass is 10.0. The van der Waals surface area contributed by atoms with Gasteiger partial charge in [0.2, 0.25) is 0 Å². The Morgan fingerprint density at radius 1 is 1.53 bits per heavy atom. The van der Waals surface area contributed by atoms with E-state index in [4.69, 9.17) is 4.98 Å². The molecule has 1 aliphatic heterocycles. The molecule has 0 saturated carbocycles. The Morgan fingerprint density at radius 3 is 3.07 bits per heavy atom. The van der Waals surface area contributed by atoms with Crippen molar-refractivity contribution in [1.29, 1.82) is 0 Å². The first-order valence-electron chi connectivity index (χ1n) is 5.94. The van der Waals surface area contributed by atoms with Crippen LogP contribution in [0.25, 0.3) is 0 Å². The fourth-order valence-electron chi connectivity index (χ4n) is 2.50. The lowest BCUT2D eigenvalue weighted by Gasteiger charge is -2.21. The highest BCUT2D eigenvalue weighted by atomic mass is 15.1. The van der Waals surface area contributed by atoms with Gasteiger partial charge in [0.1, 0.15) is 5.82 Å². The van der Waals surface area contributed by atoms with Crippen LogP contribution in [-0.2, 0) is 13.0 Å². The normalized spacial score (nSPS) is 20.3. The standard InChI is InChI=1S/C12H21N3/c1-9-5-4-8-15-11(6-7-13-3)10(2)14-12(9)15/h9,13H,4-8H2,1-3H3. The predicted molar refractivity (Wildman–Crippen MR) is 62.2 cm³/mol. The Morgan fingerprint density at radius 2 is 2.33 bits per heavy atom. The van der Waals surface area contributed by atoms with Crippen molar-refractivity contribution in [3.63, 3.8) is 0 Å². The van der Waals surface area contributed by atoms with Gasteiger partial charge in [-0.15, -0.1) is 0 Å². The van der Waals surface area contributed by atoms with Crippen molar-refractivity contribution in [2.45, 2.75) is 45.6 Å². The topological polar surface area (TPSA) is 29.9 Å². The van der Waals surface area contributed by atoms with Crippen LogP contribution in [0.3, 0.4) is 0 Å². The summed E-state index contributed by atoms with van der Waals surface area (Å²) in [5.74, 6) is 1.95. The van der Waals surface area contributed by atoms with Crippen molar-refractivity contribution < 1.29 is 0 Å². The molecule has 3 nitrogen and oxygen atoms in total. The molecule has 1 N–H and O–H groups in total. The summed E-state index contributed by atoms with van der Waals surface area (Å²) in [6.45, 7) is 6.64. The molecule has 0 radical (unpaired) electrons. The van der Waals surface area contributed by atoms with E-state index in [0.29, 0.717) is 5.92 Å². The fourth-order valence-corrected chi connectivity index (χ4v) is 2.50. The molecule has 0 amide bonds. The maximum absolute atomic E-state index is 4.72. The van der Waals surface area contributed by atoms with Crippen LogP contribution in [-0.4, -0.2) is 23.1 Å². The molecule has 2 rings (SSSR count). The van der Waals surface area contributed by atoms with Crippen LogP contribution in [0.2, 0.25) is 0 Å². The average Bonchev–Trinajstić information content (AvgIpc) is 2.54. The molecule has 2 heterocycles. The van der Waals surface area contributed by atoms with Gasteiger partial charge in [0.05, 0.1) is 5.69 Å². The van der Waals surface area contributed by atoms with Crippen molar-refractivity contribution >= 4 is 0 Å². The van der Waals surface area contributed by atoms with Crippen LogP contribution in [0.15, 0.2) is 0 Å². The summed E-state index contributed by atoms with van der Waals surface area (Å²) < 4.78 is 2.45. The number of nitrogens with zero attached hydrogens (tertiary/aromatic N) is 2. The first-order valence-corrected chi connectivity index (χ1v) is 5.94. The molecular formula is C12H21N3. The summed E-state index contributed by atoms with van der Waals surface area (Å²) in [6.07, 6.45) is 3.69. The van der Waals surface area contributed by atoms with Gasteiger partial charge in [-0.3, -0.25) is 0 Å². The Kier molecular flexibility index (Phi) is 3.10. The SMILES string of the molecule is CNCCc1c(C)nc2n1CCCC2C. The number of hydrogen-bond donors (Lipinski definition) is 1. The van der Waals surface area contributed by atoms with Crippen LogP contribution in [0, 0.1) is 6.92 Å². The fraction of sp³-hybridized carbons (Fsp3) is 0.750. The van der Waals surface area contributed by atoms with E-state index in [-0.39, 0.29) is 0 Å². The molecule has 0 aromatic carbocycles. The molecule has 3 heteroatoms. The summed E-state index contributed by atoms with van der Waals surface area (Å²) in [6, 6.07) is 0. The number of hydrogen-bond acceptors (Lipinski definition) is 2. The molecule has 0 spiro atoms. The Labute approximate surface area is 91.9 Å². The molecule has 1 aliphatic rings. The number of aromatic nitrogens is 2. The number of rotatable bonds is 3. The Hall–Kier alpha value is -0.830. The highest BCUT2D eigenvalue weighted by molar-refractivity contribution is 5.19. The van der Waals surface area contributed by atoms with Gasteiger partial charge in [0.15, 0.2) is 0 Å². The zero-order valence-corrected chi connectivity index (χ0v) is 10.0. The first-order chi connectivity index (χ1) is 7.24. The smallest absolute Gasteiger partial charge is 0.112 e. The maximum atomic E-state index is 4.72. The van der Waals surface area contributed by atoms with E-state index < -0.39 is 0 Å². The van der Waals surface area contributed by atoms with Crippen LogP contribution >= 0.6 is 0 Å². The maximum Gasteiger partial charge on any atom is 0.112 e. The van der Waals surface area contributed by atoms with Crippen LogP contribution in [0.5, 0.6) is 0 Å². The van der Waals surface area contributed by atoms with Crippen molar-refractivity contribution in [1.82, 2.24) is 14.9 Å². The minimum absolute atomic E-state index is 0.640. The highest BCUT2D eigenvalue weighted by Crippen LogP contribution is 2.28. The summed E-state index contributed by atoms with van der Waals surface area (Å²) >= 11 is 0. The minimum atomic E-state index is 0.640. The van der Waals surface area contributed by atoms with Crippen molar-refractivity contribution in [3.8, 4) is 0 Å². The molecule has 0 fully saturated rings. The second kappa shape index (κ2) is 4.35. The third kappa shape index (κ3) is 1.93. The molecule has 84 valence electrons. The third-order valence-electron chi connectivity index (χ3n) is 3.37. The predicted octanol–water partition coefficient (Wildman–Crippen LogP) is 1.85. The lowest BCUT2D eigenvalue weighted by Crippen LogP contribution is -2.18. The van der Waals surface area contributed by atoms with E-state index in [9.17, 15) is 0 Å². The van der Waals surface area contributed by atoms with Gasteiger partial charge in [0, 0.05) is 31.1 Å². The molecule has 1 unspecified atom stereocenters. The summed E-state index contributed by atoms with van der Waals surface area (Å²) in [5, 5.41) is 3.21. The molecule has 1 aromatic heterocycles. The Bertz CT molecular complexity index is 341. The minimum Gasteiger partial charge on any atom is -0.332 e. The largest absolute Gasteiger partial charge is 0.332 e. The second-order valence-corrected chi connectivity index (χ2v) is 4.55.